The van der Waals surface area contributed by atoms with Crippen molar-refractivity contribution in [1.82, 2.24) is 14.7 Å². The first-order chi connectivity index (χ1) is 17.5. The zero-order valence-electron chi connectivity index (χ0n) is 20.1. The van der Waals surface area contributed by atoms with Crippen molar-refractivity contribution in [2.75, 3.05) is 67.8 Å². The molecule has 0 bridgehead atoms. The molecule has 0 saturated heterocycles. The number of carbonyl (C=O) groups excluding carboxylic acids is 1. The van der Waals surface area contributed by atoms with Crippen molar-refractivity contribution in [3.8, 4) is 0 Å². The van der Waals surface area contributed by atoms with Gasteiger partial charge in [-0.05, 0) is 5.56 Å². The van der Waals surface area contributed by atoms with E-state index in [1.807, 2.05) is 0 Å². The van der Waals surface area contributed by atoms with Gasteiger partial charge in [0.25, 0.3) is 0 Å². The summed E-state index contributed by atoms with van der Waals surface area (Å²) in [7, 11) is -7.85. The first-order valence-electron chi connectivity index (χ1n) is 11.3. The number of carboxylic acid groups (broad SMARTS) is 1. The number of halogens is 4. The molecule has 2 N–H and O–H groups in total. The molecule has 16 heteroatoms. The Morgan fingerprint density at radius 1 is 0.946 bits per heavy atom. The van der Waals surface area contributed by atoms with Crippen molar-refractivity contribution in [1.29, 1.82) is 0 Å². The van der Waals surface area contributed by atoms with Gasteiger partial charge in [0.05, 0.1) is 12.4 Å². The van der Waals surface area contributed by atoms with Gasteiger partial charge in [0, 0.05) is 56.1 Å². The Morgan fingerprint density at radius 3 is 1.86 bits per heavy atom. The minimum atomic E-state index is -4.04. The highest BCUT2D eigenvalue weighted by atomic mass is 35.5. The molecular weight excluding hydrogens is 611 g/mol. The van der Waals surface area contributed by atoms with Crippen LogP contribution in [0.1, 0.15) is 5.56 Å². The molecule has 1 aromatic rings. The number of carbonyl (C=O) groups is 2. The molecule has 0 aromatic heterocycles. The highest BCUT2D eigenvalue weighted by molar-refractivity contribution is 7.92. The molecule has 10 nitrogen and oxygen atoms in total. The highest BCUT2D eigenvalue weighted by Gasteiger charge is 2.38. The van der Waals surface area contributed by atoms with Gasteiger partial charge in [0.1, 0.15) is 11.8 Å². The molecule has 0 saturated carbocycles. The zero-order chi connectivity index (χ0) is 27.9. The van der Waals surface area contributed by atoms with Crippen LogP contribution in [0, 0.1) is 0 Å². The summed E-state index contributed by atoms with van der Waals surface area (Å²) in [6, 6.07) is 7.30. The van der Waals surface area contributed by atoms with E-state index in [1.54, 1.807) is 30.3 Å². The minimum Gasteiger partial charge on any atom is -0.480 e. The fourth-order valence-electron chi connectivity index (χ4n) is 3.30. The van der Waals surface area contributed by atoms with E-state index < -0.39 is 53.5 Å². The van der Waals surface area contributed by atoms with Gasteiger partial charge in [0.2, 0.25) is 5.91 Å². The van der Waals surface area contributed by atoms with E-state index >= 15 is 0 Å². The molecule has 1 aromatic carbocycles. The molecule has 0 spiro atoms. The van der Waals surface area contributed by atoms with Crippen molar-refractivity contribution in [3.05, 3.63) is 35.9 Å². The van der Waals surface area contributed by atoms with E-state index in [9.17, 15) is 27.7 Å². The number of benzene rings is 1. The Balaban J connectivity index is 2.88. The number of hydrogen-bond donors (Lipinski definition) is 2. The van der Waals surface area contributed by atoms with Gasteiger partial charge in [-0.3, -0.25) is 9.36 Å². The van der Waals surface area contributed by atoms with Gasteiger partial charge in [-0.25, -0.2) is 22.6 Å². The van der Waals surface area contributed by atoms with Crippen molar-refractivity contribution >= 4 is 75.8 Å². The Bertz CT molecular complexity index is 960. The quantitative estimate of drug-likeness (QED) is 0.163. The second-order valence-electron chi connectivity index (χ2n) is 7.73. The fraction of sp³-hybridized carbons (Fsp3) is 0.619. The van der Waals surface area contributed by atoms with Crippen LogP contribution in [0.25, 0.3) is 0 Å². The third-order valence-corrected chi connectivity index (χ3v) is 9.92. The van der Waals surface area contributed by atoms with Gasteiger partial charge in [-0.2, -0.15) is 0 Å². The number of nitrogens with zero attached hydrogens (tertiary/aromatic N) is 2. The van der Waals surface area contributed by atoms with E-state index in [-0.39, 0.29) is 56.1 Å². The van der Waals surface area contributed by atoms with Crippen LogP contribution in [0.3, 0.4) is 0 Å². The zero-order valence-corrected chi connectivity index (χ0v) is 24.8. The molecule has 1 rings (SSSR count). The maximum absolute atomic E-state index is 13.9. The number of aliphatic carboxylic acids is 1. The van der Waals surface area contributed by atoms with Crippen molar-refractivity contribution in [2.24, 2.45) is 0 Å². The van der Waals surface area contributed by atoms with Crippen LogP contribution in [0.2, 0.25) is 0 Å². The van der Waals surface area contributed by atoms with E-state index in [0.29, 0.717) is 5.56 Å². The third kappa shape index (κ3) is 12.4. The maximum atomic E-state index is 13.9. The minimum absolute atomic E-state index is 0.0117. The van der Waals surface area contributed by atoms with Crippen LogP contribution >= 0.6 is 54.1 Å². The normalized spacial score (nSPS) is 13.1. The van der Waals surface area contributed by atoms with Crippen LogP contribution < -0.4 is 5.32 Å². The molecule has 0 unspecified atom stereocenters. The fourth-order valence-corrected chi connectivity index (χ4v) is 8.10. The summed E-state index contributed by atoms with van der Waals surface area (Å²) in [5, 5.41) is 11.7. The lowest BCUT2D eigenvalue weighted by molar-refractivity contribution is -0.141. The van der Waals surface area contributed by atoms with Crippen LogP contribution in [0.5, 0.6) is 0 Å². The number of rotatable bonds is 20. The molecule has 0 radical (unpaired) electrons. The number of alkyl halides is 4. The summed E-state index contributed by atoms with van der Waals surface area (Å²) >= 11 is 23.4. The summed E-state index contributed by atoms with van der Waals surface area (Å²) < 4.78 is 47.6. The first-order valence-corrected chi connectivity index (χ1v) is 16.8. The predicted molar refractivity (Wildman–Crippen MR) is 148 cm³/mol. The van der Waals surface area contributed by atoms with E-state index in [1.165, 1.54) is 9.34 Å². The van der Waals surface area contributed by atoms with Crippen LogP contribution in [-0.4, -0.2) is 109 Å². The Morgan fingerprint density at radius 2 is 1.43 bits per heavy atom. The maximum Gasteiger partial charge on any atom is 0.346 e. The lowest BCUT2D eigenvalue weighted by Crippen LogP contribution is -2.45. The third-order valence-electron chi connectivity index (χ3n) is 5.01. The number of nitrogens with one attached hydrogen (secondary N) is 1. The largest absolute Gasteiger partial charge is 0.480 e. The van der Waals surface area contributed by atoms with Crippen LogP contribution in [-0.2, 0) is 34.9 Å². The highest BCUT2D eigenvalue weighted by Crippen LogP contribution is 2.54. The average Bonchev–Trinajstić information content (AvgIpc) is 2.83. The molecule has 0 fully saturated rings. The molecule has 1 atom stereocenters. The standard InChI is InChI=1S/C21H32Cl4N3O7PS/c22-6-10-27(11-7-23)36(32,28(12-8-24)13-9-25)35-14-15-37(33,34)17-20(29)26-19(21(30)31)16-18-4-2-1-3-5-18/h1-5,19H,6-17H2,(H,26,29)(H,30,31)/t19-/m0/s1. The molecule has 0 aliphatic heterocycles. The second-order valence-corrected chi connectivity index (χ2v) is 13.8. The number of hydrogen-bond acceptors (Lipinski definition) is 6. The van der Waals surface area contributed by atoms with Crippen molar-refractivity contribution in [2.45, 2.75) is 12.5 Å². The van der Waals surface area contributed by atoms with Gasteiger partial charge < -0.3 is 14.9 Å². The lowest BCUT2D eigenvalue weighted by Gasteiger charge is -2.37. The van der Waals surface area contributed by atoms with Gasteiger partial charge in [-0.1, -0.05) is 30.3 Å². The molecule has 0 aliphatic carbocycles. The lowest BCUT2D eigenvalue weighted by atomic mass is 10.1. The topological polar surface area (TPSA) is 133 Å². The molecule has 212 valence electrons. The Hall–Kier alpha value is -0.620. The van der Waals surface area contributed by atoms with Gasteiger partial charge in [-0.15, -0.1) is 46.4 Å². The average molecular weight is 643 g/mol. The molecule has 37 heavy (non-hydrogen) atoms. The van der Waals surface area contributed by atoms with Crippen molar-refractivity contribution in [3.63, 3.8) is 0 Å². The summed E-state index contributed by atoms with van der Waals surface area (Å²) in [5.74, 6) is -3.39. The van der Waals surface area contributed by atoms with Gasteiger partial charge in [0.15, 0.2) is 9.84 Å². The smallest absolute Gasteiger partial charge is 0.346 e. The summed E-state index contributed by atoms with van der Waals surface area (Å²) in [4.78, 5) is 23.9. The number of sulfone groups is 1. The molecule has 0 aliphatic rings. The van der Waals surface area contributed by atoms with Gasteiger partial charge >= 0.3 is 13.6 Å². The monoisotopic (exact) mass is 641 g/mol. The Labute approximate surface area is 238 Å². The van der Waals surface area contributed by atoms with Crippen LogP contribution in [0.15, 0.2) is 30.3 Å². The van der Waals surface area contributed by atoms with E-state index in [0.717, 1.165) is 0 Å². The number of carboxylic acids is 1. The molecule has 0 heterocycles. The summed E-state index contributed by atoms with van der Waals surface area (Å²) in [6.45, 7) is 0.112. The van der Waals surface area contributed by atoms with Crippen LogP contribution in [0.4, 0.5) is 0 Å². The van der Waals surface area contributed by atoms with E-state index in [2.05, 4.69) is 5.32 Å². The summed E-state index contributed by atoms with van der Waals surface area (Å²) in [6.07, 6.45) is -0.0117. The predicted octanol–water partition coefficient (Wildman–Crippen LogP) is 2.90. The number of amides is 1. The molecular formula is C21H32Cl4N3O7PS. The first kappa shape index (κ1) is 34.4. The van der Waals surface area contributed by atoms with Crippen molar-refractivity contribution < 1.29 is 32.2 Å². The summed E-state index contributed by atoms with van der Waals surface area (Å²) in [5.41, 5.74) is 0.666. The second kappa shape index (κ2) is 17.9. The SMILES string of the molecule is O=C(CS(=O)(=O)CCOP(=O)(N(CCCl)CCCl)N(CCCl)CCCl)N[C@@H](Cc1ccccc1)C(=O)O. The molecule has 1 amide bonds. The van der Waals surface area contributed by atoms with E-state index in [4.69, 9.17) is 50.9 Å². The Kier molecular flexibility index (Phi) is 16.6.